The number of hydrogen-bond acceptors (Lipinski definition) is 5. The lowest BCUT2D eigenvalue weighted by Gasteiger charge is -2.06. The third-order valence-corrected chi connectivity index (χ3v) is 2.75. The summed E-state index contributed by atoms with van der Waals surface area (Å²) in [6.45, 7) is 4.73. The van der Waals surface area contributed by atoms with E-state index in [4.69, 9.17) is 0 Å². The third kappa shape index (κ3) is 2.44. The molecule has 0 bridgehead atoms. The van der Waals surface area contributed by atoms with Gasteiger partial charge < -0.3 is 5.32 Å². The van der Waals surface area contributed by atoms with Gasteiger partial charge in [0.05, 0.1) is 5.69 Å². The number of hydrogen-bond donors (Lipinski definition) is 1. The van der Waals surface area contributed by atoms with Gasteiger partial charge >= 0.3 is 0 Å². The number of nitrogens with one attached hydrogen (secondary N) is 1. The van der Waals surface area contributed by atoms with Crippen molar-refractivity contribution in [1.29, 1.82) is 0 Å². The largest absolute Gasteiger partial charge is 0.354 e. The Balaban J connectivity index is 2.52. The molecule has 0 amide bonds. The van der Waals surface area contributed by atoms with E-state index in [1.165, 1.54) is 0 Å². The van der Waals surface area contributed by atoms with Gasteiger partial charge in [0.2, 0.25) is 5.95 Å². The van der Waals surface area contributed by atoms with Crippen molar-refractivity contribution in [3.8, 4) is 11.4 Å². The van der Waals surface area contributed by atoms with Crippen molar-refractivity contribution in [3.05, 3.63) is 16.4 Å². The first-order chi connectivity index (χ1) is 8.11. The summed E-state index contributed by atoms with van der Waals surface area (Å²) in [5.74, 6) is 0.621. The predicted octanol–water partition coefficient (Wildman–Crippen LogP) is 1.77. The van der Waals surface area contributed by atoms with Crippen LogP contribution in [0.2, 0.25) is 0 Å². The average molecular weight is 297 g/mol. The first-order valence-corrected chi connectivity index (χ1v) is 6.06. The number of rotatable bonds is 3. The number of halogens is 1. The van der Waals surface area contributed by atoms with Crippen LogP contribution in [0.25, 0.3) is 11.4 Å². The third-order valence-electron chi connectivity index (χ3n) is 2.22. The van der Waals surface area contributed by atoms with Crippen LogP contribution in [0.4, 0.5) is 5.95 Å². The minimum absolute atomic E-state index is 0.621. The van der Waals surface area contributed by atoms with Gasteiger partial charge in [0.15, 0.2) is 4.60 Å². The Bertz CT molecular complexity index is 516. The fourth-order valence-electron chi connectivity index (χ4n) is 1.53. The molecule has 0 atom stereocenters. The van der Waals surface area contributed by atoms with Crippen molar-refractivity contribution in [2.24, 2.45) is 7.05 Å². The minimum atomic E-state index is 0.621. The van der Waals surface area contributed by atoms with Gasteiger partial charge in [0, 0.05) is 19.3 Å². The number of aromatic nitrogens is 5. The summed E-state index contributed by atoms with van der Waals surface area (Å²) in [5.41, 5.74) is 2.54. The van der Waals surface area contributed by atoms with Gasteiger partial charge in [-0.2, -0.15) is 0 Å². The van der Waals surface area contributed by atoms with Crippen molar-refractivity contribution >= 4 is 21.9 Å². The van der Waals surface area contributed by atoms with Crippen LogP contribution in [0.1, 0.15) is 12.6 Å². The molecule has 0 radical (unpaired) electrons. The molecule has 7 heteroatoms. The molecular weight excluding hydrogens is 284 g/mol. The second kappa shape index (κ2) is 4.79. The fourth-order valence-corrected chi connectivity index (χ4v) is 2.06. The van der Waals surface area contributed by atoms with E-state index in [9.17, 15) is 0 Å². The highest BCUT2D eigenvalue weighted by molar-refractivity contribution is 9.10. The lowest BCUT2D eigenvalue weighted by molar-refractivity contribution is 0.718. The van der Waals surface area contributed by atoms with Crippen molar-refractivity contribution < 1.29 is 0 Å². The highest BCUT2D eigenvalue weighted by atomic mass is 79.9. The second-order valence-corrected chi connectivity index (χ2v) is 4.35. The zero-order valence-corrected chi connectivity index (χ0v) is 11.5. The molecule has 2 aromatic rings. The van der Waals surface area contributed by atoms with Gasteiger partial charge in [-0.25, -0.2) is 14.6 Å². The van der Waals surface area contributed by atoms with Gasteiger partial charge in [-0.05, 0) is 35.8 Å². The first kappa shape index (κ1) is 12.0. The maximum absolute atomic E-state index is 4.43. The van der Waals surface area contributed by atoms with E-state index in [0.29, 0.717) is 10.6 Å². The summed E-state index contributed by atoms with van der Waals surface area (Å²) in [5, 5.41) is 11.0. The Labute approximate surface area is 108 Å². The molecular formula is C10H13BrN6. The average Bonchev–Trinajstić information content (AvgIpc) is 2.58. The van der Waals surface area contributed by atoms with Crippen LogP contribution in [-0.2, 0) is 7.05 Å². The van der Waals surface area contributed by atoms with E-state index in [-0.39, 0.29) is 0 Å². The molecule has 0 aliphatic rings. The summed E-state index contributed by atoms with van der Waals surface area (Å²) < 4.78 is 2.36. The Morgan fingerprint density at radius 3 is 2.76 bits per heavy atom. The van der Waals surface area contributed by atoms with Gasteiger partial charge in [-0.1, -0.05) is 5.21 Å². The van der Waals surface area contributed by atoms with E-state index in [2.05, 4.69) is 41.5 Å². The van der Waals surface area contributed by atoms with Crippen molar-refractivity contribution in [3.63, 3.8) is 0 Å². The molecule has 0 spiro atoms. The molecule has 0 saturated carbocycles. The van der Waals surface area contributed by atoms with E-state index in [0.717, 1.165) is 23.6 Å². The molecule has 1 N–H and O–H groups in total. The van der Waals surface area contributed by atoms with Crippen molar-refractivity contribution in [2.75, 3.05) is 11.9 Å². The van der Waals surface area contributed by atoms with E-state index in [1.54, 1.807) is 4.68 Å². The monoisotopic (exact) mass is 296 g/mol. The molecule has 2 heterocycles. The molecule has 6 nitrogen and oxygen atoms in total. The molecule has 0 aliphatic heterocycles. The summed E-state index contributed by atoms with van der Waals surface area (Å²) in [6, 6.07) is 1.91. The summed E-state index contributed by atoms with van der Waals surface area (Å²) in [6.07, 6.45) is 0. The molecule has 2 rings (SSSR count). The Morgan fingerprint density at radius 2 is 2.18 bits per heavy atom. The Morgan fingerprint density at radius 1 is 1.41 bits per heavy atom. The zero-order chi connectivity index (χ0) is 12.4. The molecule has 17 heavy (non-hydrogen) atoms. The summed E-state index contributed by atoms with van der Waals surface area (Å²) in [4.78, 5) is 8.74. The maximum atomic E-state index is 4.43. The van der Waals surface area contributed by atoms with Crippen LogP contribution in [0.3, 0.4) is 0 Å². The van der Waals surface area contributed by atoms with Crippen molar-refractivity contribution in [1.82, 2.24) is 25.0 Å². The zero-order valence-electron chi connectivity index (χ0n) is 9.90. The fraction of sp³-hybridized carbons (Fsp3) is 0.400. The lowest BCUT2D eigenvalue weighted by atomic mass is 10.3. The normalized spacial score (nSPS) is 10.6. The molecule has 0 aliphatic carbocycles. The SMILES string of the molecule is CCNc1nc(C)cc(-c2c(Br)nnn2C)n1. The van der Waals surface area contributed by atoms with E-state index < -0.39 is 0 Å². The van der Waals surface area contributed by atoms with Crippen molar-refractivity contribution in [2.45, 2.75) is 13.8 Å². The van der Waals surface area contributed by atoms with Gasteiger partial charge in [0.1, 0.15) is 5.69 Å². The van der Waals surface area contributed by atoms with Gasteiger partial charge in [0.25, 0.3) is 0 Å². The van der Waals surface area contributed by atoms with Crippen LogP contribution in [0.15, 0.2) is 10.7 Å². The predicted molar refractivity (Wildman–Crippen MR) is 68.6 cm³/mol. The summed E-state index contributed by atoms with van der Waals surface area (Å²) >= 11 is 3.37. The second-order valence-electron chi connectivity index (χ2n) is 3.60. The van der Waals surface area contributed by atoms with Crippen LogP contribution in [0, 0.1) is 6.92 Å². The van der Waals surface area contributed by atoms with Crippen LogP contribution in [-0.4, -0.2) is 31.5 Å². The quantitative estimate of drug-likeness (QED) is 0.935. The lowest BCUT2D eigenvalue weighted by Crippen LogP contribution is -2.05. The van der Waals surface area contributed by atoms with Crippen LogP contribution >= 0.6 is 15.9 Å². The molecule has 90 valence electrons. The molecule has 0 fully saturated rings. The number of anilines is 1. The first-order valence-electron chi connectivity index (χ1n) is 5.27. The smallest absolute Gasteiger partial charge is 0.223 e. The topological polar surface area (TPSA) is 68.5 Å². The maximum Gasteiger partial charge on any atom is 0.223 e. The van der Waals surface area contributed by atoms with E-state index in [1.807, 2.05) is 27.0 Å². The summed E-state index contributed by atoms with van der Waals surface area (Å²) in [7, 11) is 1.83. The Hall–Kier alpha value is -1.50. The van der Waals surface area contributed by atoms with Crippen LogP contribution in [0.5, 0.6) is 0 Å². The number of nitrogens with zero attached hydrogens (tertiary/aromatic N) is 5. The molecule has 2 aromatic heterocycles. The number of aryl methyl sites for hydroxylation is 2. The molecule has 0 aromatic carbocycles. The standard InChI is InChI=1S/C10H13BrN6/c1-4-12-10-13-6(2)5-7(14-10)8-9(11)15-16-17(8)3/h5H,4H2,1-3H3,(H,12,13,14). The Kier molecular flexibility index (Phi) is 3.37. The molecule has 0 unspecified atom stereocenters. The molecule has 0 saturated heterocycles. The van der Waals surface area contributed by atoms with Gasteiger partial charge in [-0.15, -0.1) is 5.10 Å². The highest BCUT2D eigenvalue weighted by Crippen LogP contribution is 2.24. The van der Waals surface area contributed by atoms with E-state index >= 15 is 0 Å². The van der Waals surface area contributed by atoms with Crippen LogP contribution < -0.4 is 5.32 Å². The van der Waals surface area contributed by atoms with Gasteiger partial charge in [-0.3, -0.25) is 0 Å². The highest BCUT2D eigenvalue weighted by Gasteiger charge is 2.13. The minimum Gasteiger partial charge on any atom is -0.354 e.